The molecule has 0 unspecified atom stereocenters. The van der Waals surface area contributed by atoms with Crippen molar-refractivity contribution in [2.75, 3.05) is 12.4 Å². The molecule has 0 aliphatic rings. The molecule has 0 atom stereocenters. The zero-order valence-electron chi connectivity index (χ0n) is 12.2. The van der Waals surface area contributed by atoms with Gasteiger partial charge in [-0.2, -0.15) is 0 Å². The van der Waals surface area contributed by atoms with Gasteiger partial charge in [0.2, 0.25) is 0 Å². The van der Waals surface area contributed by atoms with Crippen molar-refractivity contribution in [3.05, 3.63) is 50.8 Å². The van der Waals surface area contributed by atoms with E-state index in [-0.39, 0.29) is 5.69 Å². The molecule has 2 N–H and O–H groups in total. The Kier molecular flexibility index (Phi) is 4.78. The molecule has 0 aliphatic carbocycles. The fourth-order valence-electron chi connectivity index (χ4n) is 2.18. The second-order valence-corrected chi connectivity index (χ2v) is 5.48. The van der Waals surface area contributed by atoms with Crippen molar-refractivity contribution in [1.29, 1.82) is 0 Å². The number of carbonyl (C=O) groups excluding carboxylic acids is 2. The molecular weight excluding hydrogens is 327 g/mol. The van der Waals surface area contributed by atoms with Gasteiger partial charge in [-0.1, -0.05) is 29.3 Å². The number of ether oxygens (including phenoxy) is 1. The van der Waals surface area contributed by atoms with E-state index < -0.39 is 11.9 Å². The zero-order valence-corrected chi connectivity index (χ0v) is 13.7. The molecule has 1 aromatic carbocycles. The molecule has 22 heavy (non-hydrogen) atoms. The van der Waals surface area contributed by atoms with Gasteiger partial charge < -0.3 is 15.0 Å². The van der Waals surface area contributed by atoms with Crippen LogP contribution in [0.4, 0.5) is 5.69 Å². The monoisotopic (exact) mass is 340 g/mol. The third kappa shape index (κ3) is 2.96. The number of hydrogen-bond donors (Lipinski definition) is 2. The highest BCUT2D eigenvalue weighted by molar-refractivity contribution is 6.40. The zero-order chi connectivity index (χ0) is 16.4. The Hall–Kier alpha value is -1.98. The van der Waals surface area contributed by atoms with Crippen LogP contribution in [0.25, 0.3) is 0 Å². The maximum absolute atomic E-state index is 12.4. The Morgan fingerprint density at radius 1 is 1.18 bits per heavy atom. The SMILES string of the molecule is COC(=O)c1c(C)[nH]c(C(=O)Nc2c(Cl)cccc2Cl)c1C. The number of H-pyrrole nitrogens is 1. The van der Waals surface area contributed by atoms with E-state index in [1.807, 2.05) is 0 Å². The minimum absolute atomic E-state index is 0.258. The normalized spacial score (nSPS) is 10.4. The number of nitrogens with one attached hydrogen (secondary N) is 2. The van der Waals surface area contributed by atoms with Crippen LogP contribution in [0, 0.1) is 13.8 Å². The Bertz CT molecular complexity index is 733. The molecule has 116 valence electrons. The number of amides is 1. The Balaban J connectivity index is 2.37. The smallest absolute Gasteiger partial charge is 0.339 e. The molecule has 0 radical (unpaired) electrons. The number of carbonyl (C=O) groups is 2. The first-order valence-electron chi connectivity index (χ1n) is 6.39. The molecule has 0 aliphatic heterocycles. The number of aryl methyl sites for hydroxylation is 1. The first-order valence-corrected chi connectivity index (χ1v) is 7.15. The topological polar surface area (TPSA) is 71.2 Å². The van der Waals surface area contributed by atoms with Gasteiger partial charge in [-0.25, -0.2) is 4.79 Å². The number of aromatic amines is 1. The van der Waals surface area contributed by atoms with Crippen LogP contribution in [0.2, 0.25) is 10.0 Å². The van der Waals surface area contributed by atoms with Crippen molar-refractivity contribution in [1.82, 2.24) is 4.98 Å². The number of methoxy groups -OCH3 is 1. The van der Waals surface area contributed by atoms with Gasteiger partial charge in [0.15, 0.2) is 0 Å². The lowest BCUT2D eigenvalue weighted by molar-refractivity contribution is 0.0599. The Labute approximate surface area is 137 Å². The standard InChI is InChI=1S/C15H14Cl2N2O3/c1-7-11(15(21)22-3)8(2)18-12(7)14(20)19-13-9(16)5-4-6-10(13)17/h4-6,18H,1-3H3,(H,19,20). The fraction of sp³-hybridized carbons (Fsp3) is 0.200. The second-order valence-electron chi connectivity index (χ2n) is 4.67. The lowest BCUT2D eigenvalue weighted by Gasteiger charge is -2.09. The third-order valence-corrected chi connectivity index (χ3v) is 3.89. The highest BCUT2D eigenvalue weighted by Gasteiger charge is 2.23. The summed E-state index contributed by atoms with van der Waals surface area (Å²) < 4.78 is 4.71. The predicted octanol–water partition coefficient (Wildman–Crippen LogP) is 3.98. The number of hydrogen-bond acceptors (Lipinski definition) is 3. The largest absolute Gasteiger partial charge is 0.465 e. The lowest BCUT2D eigenvalue weighted by Crippen LogP contribution is -2.14. The summed E-state index contributed by atoms with van der Waals surface area (Å²) >= 11 is 12.1. The maximum Gasteiger partial charge on any atom is 0.339 e. The van der Waals surface area contributed by atoms with Gasteiger partial charge in [0.05, 0.1) is 28.4 Å². The average Bonchev–Trinajstić information content (AvgIpc) is 2.77. The molecule has 0 saturated carbocycles. The quantitative estimate of drug-likeness (QED) is 0.830. The third-order valence-electron chi connectivity index (χ3n) is 3.26. The molecular formula is C15H14Cl2N2O3. The van der Waals surface area contributed by atoms with Gasteiger partial charge in [0.25, 0.3) is 5.91 Å². The van der Waals surface area contributed by atoms with E-state index in [0.29, 0.717) is 32.6 Å². The van der Waals surface area contributed by atoms with E-state index in [1.165, 1.54) is 7.11 Å². The summed E-state index contributed by atoms with van der Waals surface area (Å²) in [5.74, 6) is -0.938. The van der Waals surface area contributed by atoms with Crippen LogP contribution in [-0.2, 0) is 4.74 Å². The molecule has 2 rings (SSSR count). The van der Waals surface area contributed by atoms with Gasteiger partial charge in [0, 0.05) is 5.69 Å². The van der Waals surface area contributed by atoms with Crippen LogP contribution in [-0.4, -0.2) is 24.0 Å². The molecule has 0 saturated heterocycles. The van der Waals surface area contributed by atoms with E-state index >= 15 is 0 Å². The molecule has 1 amide bonds. The number of esters is 1. The molecule has 2 aromatic rings. The lowest BCUT2D eigenvalue weighted by atomic mass is 10.1. The summed E-state index contributed by atoms with van der Waals surface area (Å²) in [5, 5.41) is 3.30. The Morgan fingerprint density at radius 3 is 2.32 bits per heavy atom. The van der Waals surface area contributed by atoms with E-state index in [1.54, 1.807) is 32.0 Å². The molecule has 0 bridgehead atoms. The van der Waals surface area contributed by atoms with E-state index in [9.17, 15) is 9.59 Å². The predicted molar refractivity (Wildman–Crippen MR) is 86.0 cm³/mol. The van der Waals surface area contributed by atoms with Crippen molar-refractivity contribution in [2.24, 2.45) is 0 Å². The summed E-state index contributed by atoms with van der Waals surface area (Å²) in [5.41, 5.74) is 1.98. The highest BCUT2D eigenvalue weighted by atomic mass is 35.5. The molecule has 1 aromatic heterocycles. The van der Waals surface area contributed by atoms with Crippen molar-refractivity contribution >= 4 is 40.8 Å². The van der Waals surface area contributed by atoms with Crippen LogP contribution < -0.4 is 5.32 Å². The maximum atomic E-state index is 12.4. The average molecular weight is 341 g/mol. The van der Waals surface area contributed by atoms with E-state index in [2.05, 4.69) is 10.3 Å². The number of anilines is 1. The highest BCUT2D eigenvalue weighted by Crippen LogP contribution is 2.30. The minimum atomic E-state index is -0.499. The van der Waals surface area contributed by atoms with Gasteiger partial charge >= 0.3 is 5.97 Å². The van der Waals surface area contributed by atoms with Crippen molar-refractivity contribution in [3.63, 3.8) is 0 Å². The molecule has 7 heteroatoms. The first-order chi connectivity index (χ1) is 10.4. The van der Waals surface area contributed by atoms with Crippen molar-refractivity contribution in [2.45, 2.75) is 13.8 Å². The van der Waals surface area contributed by atoms with Gasteiger partial charge in [-0.3, -0.25) is 4.79 Å². The van der Waals surface area contributed by atoms with Crippen molar-refractivity contribution in [3.8, 4) is 0 Å². The van der Waals surface area contributed by atoms with Gasteiger partial charge in [-0.15, -0.1) is 0 Å². The summed E-state index contributed by atoms with van der Waals surface area (Å²) in [6, 6.07) is 4.92. The van der Waals surface area contributed by atoms with E-state index in [4.69, 9.17) is 27.9 Å². The second kappa shape index (κ2) is 6.42. The number of halogens is 2. The molecule has 0 spiro atoms. The van der Waals surface area contributed by atoms with Crippen LogP contribution in [0.3, 0.4) is 0 Å². The van der Waals surface area contributed by atoms with Gasteiger partial charge in [-0.05, 0) is 31.5 Å². The number of rotatable bonds is 3. The first kappa shape index (κ1) is 16.4. The molecule has 5 nitrogen and oxygen atoms in total. The minimum Gasteiger partial charge on any atom is -0.465 e. The molecule has 0 fully saturated rings. The van der Waals surface area contributed by atoms with Crippen LogP contribution in [0.15, 0.2) is 18.2 Å². The van der Waals surface area contributed by atoms with Crippen LogP contribution in [0.5, 0.6) is 0 Å². The Morgan fingerprint density at radius 2 is 1.77 bits per heavy atom. The van der Waals surface area contributed by atoms with Crippen molar-refractivity contribution < 1.29 is 14.3 Å². The number of benzene rings is 1. The summed E-state index contributed by atoms with van der Waals surface area (Å²) in [6.45, 7) is 3.36. The van der Waals surface area contributed by atoms with Crippen LogP contribution >= 0.6 is 23.2 Å². The van der Waals surface area contributed by atoms with Gasteiger partial charge in [0.1, 0.15) is 5.69 Å². The fourth-order valence-corrected chi connectivity index (χ4v) is 2.67. The van der Waals surface area contributed by atoms with E-state index in [0.717, 1.165) is 0 Å². The molecule has 1 heterocycles. The summed E-state index contributed by atoms with van der Waals surface area (Å²) in [6.07, 6.45) is 0. The summed E-state index contributed by atoms with van der Waals surface area (Å²) in [7, 11) is 1.29. The van der Waals surface area contributed by atoms with Crippen LogP contribution in [0.1, 0.15) is 32.1 Å². The number of aromatic nitrogens is 1. The number of para-hydroxylation sites is 1. The summed E-state index contributed by atoms with van der Waals surface area (Å²) in [4.78, 5) is 27.0.